The van der Waals surface area contributed by atoms with E-state index in [1.165, 1.54) is 17.2 Å². The summed E-state index contributed by atoms with van der Waals surface area (Å²) in [6.07, 6.45) is 3.56. The molecule has 4 aromatic rings. The van der Waals surface area contributed by atoms with Crippen molar-refractivity contribution in [2.24, 2.45) is 0 Å². The Morgan fingerprint density at radius 3 is 2.64 bits per heavy atom. The number of hydrogen-bond donors (Lipinski definition) is 1. The summed E-state index contributed by atoms with van der Waals surface area (Å²) in [6.45, 7) is 1.63. The number of carbonyl (C=O) groups excluding carboxylic acids is 1. The molecule has 0 unspecified atom stereocenters. The van der Waals surface area contributed by atoms with Crippen molar-refractivity contribution in [3.05, 3.63) is 54.6 Å². The zero-order chi connectivity index (χ0) is 18.9. The molecule has 0 spiro atoms. The van der Waals surface area contributed by atoms with E-state index in [1.807, 2.05) is 35.0 Å². The molecule has 1 aliphatic rings. The van der Waals surface area contributed by atoms with Gasteiger partial charge in [-0.25, -0.2) is 9.67 Å². The Morgan fingerprint density at radius 1 is 1.00 bits per heavy atom. The summed E-state index contributed by atoms with van der Waals surface area (Å²) in [5.41, 5.74) is 0.985. The molecular weight excluding hydrogens is 360 g/mol. The van der Waals surface area contributed by atoms with E-state index < -0.39 is 0 Å². The molecular formula is C17H16N10O. The maximum absolute atomic E-state index is 12.8. The summed E-state index contributed by atoms with van der Waals surface area (Å²) in [7, 11) is 0. The van der Waals surface area contributed by atoms with E-state index in [0.717, 1.165) is 11.4 Å². The lowest BCUT2D eigenvalue weighted by molar-refractivity contribution is 0.0746. The molecule has 1 aromatic carbocycles. The number of fused-ring (bicyclic) bond motifs is 1. The predicted molar refractivity (Wildman–Crippen MR) is 96.4 cm³/mol. The number of amides is 1. The summed E-state index contributed by atoms with van der Waals surface area (Å²) in [4.78, 5) is 23.4. The zero-order valence-corrected chi connectivity index (χ0v) is 14.8. The standard InChI is InChI=1S/C17H16N10O/c28-16(15-21-17(23-22-15)26-10-18-19-11-26)25-7-6-13-20-14(24-27(13)9-8-25)12-4-2-1-3-5-12/h1-5,10-11H,6-9H2,(H,21,22,23). The van der Waals surface area contributed by atoms with Gasteiger partial charge in [0.1, 0.15) is 18.5 Å². The van der Waals surface area contributed by atoms with Crippen molar-refractivity contribution in [2.75, 3.05) is 13.1 Å². The molecule has 140 valence electrons. The minimum absolute atomic E-state index is 0.182. The molecule has 28 heavy (non-hydrogen) atoms. The van der Waals surface area contributed by atoms with E-state index in [0.29, 0.717) is 37.8 Å². The van der Waals surface area contributed by atoms with Crippen LogP contribution in [0, 0.1) is 0 Å². The van der Waals surface area contributed by atoms with Gasteiger partial charge in [0.25, 0.3) is 11.9 Å². The van der Waals surface area contributed by atoms with Gasteiger partial charge in [-0.15, -0.1) is 15.3 Å². The highest BCUT2D eigenvalue weighted by Gasteiger charge is 2.24. The quantitative estimate of drug-likeness (QED) is 0.547. The molecule has 5 rings (SSSR count). The van der Waals surface area contributed by atoms with E-state index in [4.69, 9.17) is 0 Å². The van der Waals surface area contributed by atoms with Crippen LogP contribution in [0.1, 0.15) is 16.4 Å². The molecule has 0 bridgehead atoms. The minimum Gasteiger partial charge on any atom is -0.334 e. The van der Waals surface area contributed by atoms with Crippen molar-refractivity contribution >= 4 is 5.91 Å². The van der Waals surface area contributed by atoms with Crippen molar-refractivity contribution in [1.82, 2.24) is 49.6 Å². The van der Waals surface area contributed by atoms with E-state index in [1.54, 1.807) is 4.90 Å². The second-order valence-electron chi connectivity index (χ2n) is 6.34. The topological polar surface area (TPSA) is 123 Å². The summed E-state index contributed by atoms with van der Waals surface area (Å²) < 4.78 is 3.40. The molecule has 0 radical (unpaired) electrons. The third-order valence-electron chi connectivity index (χ3n) is 4.58. The van der Waals surface area contributed by atoms with Crippen LogP contribution in [-0.2, 0) is 13.0 Å². The van der Waals surface area contributed by atoms with Crippen LogP contribution >= 0.6 is 0 Å². The van der Waals surface area contributed by atoms with Gasteiger partial charge in [-0.05, 0) is 0 Å². The van der Waals surface area contributed by atoms with Crippen molar-refractivity contribution in [2.45, 2.75) is 13.0 Å². The smallest absolute Gasteiger partial charge is 0.291 e. The zero-order valence-electron chi connectivity index (χ0n) is 14.8. The minimum atomic E-state index is -0.208. The van der Waals surface area contributed by atoms with Gasteiger partial charge in [-0.3, -0.25) is 14.5 Å². The molecule has 3 aromatic heterocycles. The lowest BCUT2D eigenvalue weighted by atomic mass is 10.2. The van der Waals surface area contributed by atoms with E-state index >= 15 is 0 Å². The maximum Gasteiger partial charge on any atom is 0.291 e. The highest BCUT2D eigenvalue weighted by molar-refractivity contribution is 5.90. The average Bonchev–Trinajstić information content (AvgIpc) is 3.47. The molecule has 4 heterocycles. The van der Waals surface area contributed by atoms with E-state index in [9.17, 15) is 4.79 Å². The van der Waals surface area contributed by atoms with Crippen molar-refractivity contribution in [3.63, 3.8) is 0 Å². The number of benzene rings is 1. The number of aromatic nitrogens is 9. The number of hydrogen-bond acceptors (Lipinski definition) is 7. The largest absolute Gasteiger partial charge is 0.334 e. The Balaban J connectivity index is 1.31. The molecule has 0 saturated heterocycles. The Kier molecular flexibility index (Phi) is 3.89. The lowest BCUT2D eigenvalue weighted by Gasteiger charge is -2.18. The number of rotatable bonds is 3. The Morgan fingerprint density at radius 2 is 1.82 bits per heavy atom. The maximum atomic E-state index is 12.8. The SMILES string of the molecule is O=C(c1nc(-n2cnnc2)n[nH]1)N1CCc2nc(-c3ccccc3)nn2CC1. The second kappa shape index (κ2) is 6.68. The molecule has 0 atom stereocenters. The normalized spacial score (nSPS) is 13.9. The van der Waals surface area contributed by atoms with Gasteiger partial charge >= 0.3 is 0 Å². The third kappa shape index (κ3) is 2.92. The number of aromatic amines is 1. The van der Waals surface area contributed by atoms with Crippen LogP contribution < -0.4 is 0 Å². The van der Waals surface area contributed by atoms with Crippen molar-refractivity contribution in [3.8, 4) is 17.3 Å². The van der Waals surface area contributed by atoms with Gasteiger partial charge in [0.15, 0.2) is 5.82 Å². The molecule has 0 saturated carbocycles. The molecule has 1 N–H and O–H groups in total. The molecule has 0 aliphatic carbocycles. The first-order valence-corrected chi connectivity index (χ1v) is 8.84. The molecule has 1 aliphatic heterocycles. The highest BCUT2D eigenvalue weighted by atomic mass is 16.2. The highest BCUT2D eigenvalue weighted by Crippen LogP contribution is 2.17. The summed E-state index contributed by atoms with van der Waals surface area (Å²) >= 11 is 0. The van der Waals surface area contributed by atoms with Crippen molar-refractivity contribution in [1.29, 1.82) is 0 Å². The summed E-state index contributed by atoms with van der Waals surface area (Å²) in [5, 5.41) is 18.7. The van der Waals surface area contributed by atoms with E-state index in [2.05, 4.69) is 35.5 Å². The second-order valence-corrected chi connectivity index (χ2v) is 6.34. The van der Waals surface area contributed by atoms with Crippen LogP contribution in [0.25, 0.3) is 17.3 Å². The summed E-state index contributed by atoms with van der Waals surface area (Å²) in [5.74, 6) is 1.88. The number of H-pyrrole nitrogens is 1. The average molecular weight is 376 g/mol. The van der Waals surface area contributed by atoms with Gasteiger partial charge in [-0.2, -0.15) is 10.1 Å². The Bertz CT molecular complexity index is 1070. The molecule has 11 nitrogen and oxygen atoms in total. The fraction of sp³-hybridized carbons (Fsp3) is 0.235. The van der Waals surface area contributed by atoms with Crippen LogP contribution in [0.4, 0.5) is 0 Å². The van der Waals surface area contributed by atoms with Gasteiger partial charge in [0.2, 0.25) is 5.82 Å². The van der Waals surface area contributed by atoms with Crippen LogP contribution in [0.2, 0.25) is 0 Å². The fourth-order valence-electron chi connectivity index (χ4n) is 3.13. The Labute approximate surface area is 159 Å². The molecule has 11 heteroatoms. The first-order chi connectivity index (χ1) is 13.8. The monoisotopic (exact) mass is 376 g/mol. The van der Waals surface area contributed by atoms with Gasteiger partial charge in [0.05, 0.1) is 6.54 Å². The lowest BCUT2D eigenvalue weighted by Crippen LogP contribution is -2.34. The van der Waals surface area contributed by atoms with Crippen LogP contribution in [0.5, 0.6) is 0 Å². The van der Waals surface area contributed by atoms with Gasteiger partial charge in [0, 0.05) is 25.1 Å². The van der Waals surface area contributed by atoms with Crippen molar-refractivity contribution < 1.29 is 4.79 Å². The number of nitrogens with one attached hydrogen (secondary N) is 1. The van der Waals surface area contributed by atoms with E-state index in [-0.39, 0.29) is 11.7 Å². The van der Waals surface area contributed by atoms with Crippen LogP contribution in [0.3, 0.4) is 0 Å². The first-order valence-electron chi connectivity index (χ1n) is 8.84. The van der Waals surface area contributed by atoms with Gasteiger partial charge < -0.3 is 4.90 Å². The van der Waals surface area contributed by atoms with Crippen LogP contribution in [-0.4, -0.2) is 68.6 Å². The predicted octanol–water partition coefficient (Wildman–Crippen LogP) is 0.342. The molecule has 1 amide bonds. The number of nitrogens with zero attached hydrogens (tertiary/aromatic N) is 9. The molecule has 0 fully saturated rings. The summed E-state index contributed by atoms with van der Waals surface area (Å²) in [6, 6.07) is 9.87. The fourth-order valence-corrected chi connectivity index (χ4v) is 3.13. The first kappa shape index (κ1) is 16.3. The van der Waals surface area contributed by atoms with Crippen LogP contribution in [0.15, 0.2) is 43.0 Å². The Hall–Kier alpha value is -3.89. The van der Waals surface area contributed by atoms with Gasteiger partial charge in [-0.1, -0.05) is 30.3 Å². The number of carbonyl (C=O) groups is 1. The third-order valence-corrected chi connectivity index (χ3v) is 4.58.